The lowest BCUT2D eigenvalue weighted by Crippen LogP contribution is -2.25. The van der Waals surface area contributed by atoms with Crippen molar-refractivity contribution in [2.75, 3.05) is 5.32 Å². The summed E-state index contributed by atoms with van der Waals surface area (Å²) in [7, 11) is 0. The standard InChI is InChI=1S/C17H15N5O3/c1-11-9-15(22-25-11)21-17(24)14-4-2-3-13(20-14)16(23)19-10-12-5-7-18-8-6-12/h2-9H,10H2,1H3,(H,19,23)(H,21,22,24). The number of aromatic nitrogens is 3. The summed E-state index contributed by atoms with van der Waals surface area (Å²) in [5.41, 5.74) is 1.17. The van der Waals surface area contributed by atoms with Crippen LogP contribution >= 0.6 is 0 Å². The van der Waals surface area contributed by atoms with Crippen molar-refractivity contribution in [1.82, 2.24) is 20.4 Å². The normalized spacial score (nSPS) is 10.3. The van der Waals surface area contributed by atoms with Crippen LogP contribution in [-0.4, -0.2) is 26.9 Å². The molecule has 2 amide bonds. The van der Waals surface area contributed by atoms with Gasteiger partial charge in [0, 0.05) is 25.0 Å². The van der Waals surface area contributed by atoms with Crippen molar-refractivity contribution in [2.24, 2.45) is 0 Å². The van der Waals surface area contributed by atoms with E-state index in [-0.39, 0.29) is 23.1 Å². The third kappa shape index (κ3) is 4.25. The number of anilines is 1. The fraction of sp³-hybridized carbons (Fsp3) is 0.118. The van der Waals surface area contributed by atoms with Crippen LogP contribution in [0.25, 0.3) is 0 Å². The Morgan fingerprint density at radius 1 is 1.08 bits per heavy atom. The molecule has 25 heavy (non-hydrogen) atoms. The fourth-order valence-electron chi connectivity index (χ4n) is 2.07. The van der Waals surface area contributed by atoms with Crippen LogP contribution in [0, 0.1) is 6.92 Å². The van der Waals surface area contributed by atoms with Crippen molar-refractivity contribution in [3.63, 3.8) is 0 Å². The van der Waals surface area contributed by atoms with Gasteiger partial charge in [-0.1, -0.05) is 11.2 Å². The van der Waals surface area contributed by atoms with Crippen molar-refractivity contribution < 1.29 is 14.1 Å². The molecule has 0 radical (unpaired) electrons. The van der Waals surface area contributed by atoms with Gasteiger partial charge in [-0.05, 0) is 36.8 Å². The Hall–Kier alpha value is -3.55. The Bertz CT molecular complexity index is 892. The van der Waals surface area contributed by atoms with Gasteiger partial charge in [0.25, 0.3) is 11.8 Å². The molecule has 3 heterocycles. The number of pyridine rings is 2. The monoisotopic (exact) mass is 337 g/mol. The first kappa shape index (κ1) is 16.3. The van der Waals surface area contributed by atoms with Gasteiger partial charge in [-0.2, -0.15) is 0 Å². The van der Waals surface area contributed by atoms with Crippen molar-refractivity contribution in [1.29, 1.82) is 0 Å². The molecule has 3 aromatic heterocycles. The predicted octanol–water partition coefficient (Wildman–Crippen LogP) is 1.96. The van der Waals surface area contributed by atoms with E-state index in [4.69, 9.17) is 4.52 Å². The SMILES string of the molecule is Cc1cc(NC(=O)c2cccc(C(=O)NCc3ccncc3)n2)no1. The second-order valence-electron chi connectivity index (χ2n) is 5.22. The molecule has 0 atom stereocenters. The van der Waals surface area contributed by atoms with Gasteiger partial charge >= 0.3 is 0 Å². The Kier molecular flexibility index (Phi) is 4.79. The average molecular weight is 337 g/mol. The lowest BCUT2D eigenvalue weighted by atomic mass is 10.2. The summed E-state index contributed by atoms with van der Waals surface area (Å²) in [4.78, 5) is 32.4. The first-order chi connectivity index (χ1) is 12.1. The predicted molar refractivity (Wildman–Crippen MR) is 88.8 cm³/mol. The number of rotatable bonds is 5. The van der Waals surface area contributed by atoms with Gasteiger partial charge < -0.3 is 15.2 Å². The fourth-order valence-corrected chi connectivity index (χ4v) is 2.07. The minimum absolute atomic E-state index is 0.109. The summed E-state index contributed by atoms with van der Waals surface area (Å²) in [5.74, 6) is 0.0187. The lowest BCUT2D eigenvalue weighted by molar-refractivity contribution is 0.0945. The average Bonchev–Trinajstić information content (AvgIpc) is 3.05. The van der Waals surface area contributed by atoms with E-state index in [0.29, 0.717) is 12.3 Å². The van der Waals surface area contributed by atoms with Crippen LogP contribution in [0.15, 0.2) is 53.3 Å². The molecule has 0 aliphatic rings. The molecule has 0 aliphatic carbocycles. The Labute approximate surface area is 143 Å². The van der Waals surface area contributed by atoms with Gasteiger partial charge in [0.1, 0.15) is 17.1 Å². The maximum atomic E-state index is 12.2. The molecule has 0 spiro atoms. The summed E-state index contributed by atoms with van der Waals surface area (Å²) in [6, 6.07) is 9.84. The highest BCUT2D eigenvalue weighted by atomic mass is 16.5. The van der Waals surface area contributed by atoms with Crippen molar-refractivity contribution >= 4 is 17.6 Å². The zero-order chi connectivity index (χ0) is 17.6. The van der Waals surface area contributed by atoms with E-state index in [1.54, 1.807) is 49.6 Å². The van der Waals surface area contributed by atoms with Crippen LogP contribution in [-0.2, 0) is 6.54 Å². The summed E-state index contributed by atoms with van der Waals surface area (Å²) >= 11 is 0. The number of nitrogens with zero attached hydrogens (tertiary/aromatic N) is 3. The molecule has 0 bridgehead atoms. The molecule has 3 aromatic rings. The highest BCUT2D eigenvalue weighted by molar-refractivity contribution is 6.03. The topological polar surface area (TPSA) is 110 Å². The maximum absolute atomic E-state index is 12.2. The molecule has 8 nitrogen and oxygen atoms in total. The van der Waals surface area contributed by atoms with Crippen molar-refractivity contribution in [3.8, 4) is 0 Å². The van der Waals surface area contributed by atoms with Gasteiger partial charge in [0.05, 0.1) is 0 Å². The lowest BCUT2D eigenvalue weighted by Gasteiger charge is -2.06. The molecule has 0 saturated heterocycles. The van der Waals surface area contributed by atoms with E-state index >= 15 is 0 Å². The summed E-state index contributed by atoms with van der Waals surface area (Å²) in [6.45, 7) is 2.06. The van der Waals surface area contributed by atoms with Crippen LogP contribution in [0.3, 0.4) is 0 Å². The molecular weight excluding hydrogens is 322 g/mol. The number of nitrogens with one attached hydrogen (secondary N) is 2. The van der Waals surface area contributed by atoms with E-state index in [1.807, 2.05) is 0 Å². The van der Waals surface area contributed by atoms with Crippen LogP contribution in [0.1, 0.15) is 32.3 Å². The van der Waals surface area contributed by atoms with E-state index < -0.39 is 5.91 Å². The Morgan fingerprint density at radius 3 is 2.48 bits per heavy atom. The van der Waals surface area contributed by atoms with Gasteiger partial charge in [-0.3, -0.25) is 14.6 Å². The van der Waals surface area contributed by atoms with Gasteiger partial charge in [0.2, 0.25) is 0 Å². The summed E-state index contributed by atoms with van der Waals surface area (Å²) in [6.07, 6.45) is 3.30. The van der Waals surface area contributed by atoms with Crippen molar-refractivity contribution in [3.05, 3.63) is 71.5 Å². The first-order valence-electron chi connectivity index (χ1n) is 7.50. The minimum atomic E-state index is -0.475. The van der Waals surface area contributed by atoms with Crippen LogP contribution in [0.5, 0.6) is 0 Å². The molecule has 0 fully saturated rings. The summed E-state index contributed by atoms with van der Waals surface area (Å²) in [5, 5.41) is 8.99. The molecule has 3 rings (SSSR count). The zero-order valence-corrected chi connectivity index (χ0v) is 13.4. The van der Waals surface area contributed by atoms with Gasteiger partial charge in [-0.25, -0.2) is 4.98 Å². The number of aryl methyl sites for hydroxylation is 1. The Balaban J connectivity index is 1.66. The molecule has 0 saturated carbocycles. The number of carbonyl (C=O) groups is 2. The van der Waals surface area contributed by atoms with Gasteiger partial charge in [-0.15, -0.1) is 0 Å². The second kappa shape index (κ2) is 7.35. The molecule has 8 heteroatoms. The molecule has 126 valence electrons. The quantitative estimate of drug-likeness (QED) is 0.736. The highest BCUT2D eigenvalue weighted by Crippen LogP contribution is 2.09. The van der Waals surface area contributed by atoms with Crippen LogP contribution < -0.4 is 10.6 Å². The molecular formula is C17H15N5O3. The summed E-state index contributed by atoms with van der Waals surface area (Å²) < 4.78 is 4.88. The minimum Gasteiger partial charge on any atom is -0.360 e. The Morgan fingerprint density at radius 2 is 1.80 bits per heavy atom. The molecule has 0 aromatic carbocycles. The van der Waals surface area contributed by atoms with E-state index in [0.717, 1.165) is 5.56 Å². The van der Waals surface area contributed by atoms with Crippen LogP contribution in [0.4, 0.5) is 5.82 Å². The van der Waals surface area contributed by atoms with Gasteiger partial charge in [0.15, 0.2) is 5.82 Å². The number of hydrogen-bond donors (Lipinski definition) is 2. The molecule has 0 aliphatic heterocycles. The van der Waals surface area contributed by atoms with E-state index in [1.165, 1.54) is 6.07 Å². The number of carbonyl (C=O) groups excluding carboxylic acids is 2. The van der Waals surface area contributed by atoms with E-state index in [2.05, 4.69) is 25.8 Å². The third-order valence-corrected chi connectivity index (χ3v) is 3.29. The molecule has 0 unspecified atom stereocenters. The third-order valence-electron chi connectivity index (χ3n) is 3.29. The largest absolute Gasteiger partial charge is 0.360 e. The number of hydrogen-bond acceptors (Lipinski definition) is 6. The smallest absolute Gasteiger partial charge is 0.275 e. The number of amides is 2. The second-order valence-corrected chi connectivity index (χ2v) is 5.22. The first-order valence-corrected chi connectivity index (χ1v) is 7.50. The highest BCUT2D eigenvalue weighted by Gasteiger charge is 2.13. The molecule has 2 N–H and O–H groups in total. The van der Waals surface area contributed by atoms with Crippen molar-refractivity contribution in [2.45, 2.75) is 13.5 Å². The zero-order valence-electron chi connectivity index (χ0n) is 13.4. The maximum Gasteiger partial charge on any atom is 0.275 e. The van der Waals surface area contributed by atoms with Crippen LogP contribution in [0.2, 0.25) is 0 Å². The van der Waals surface area contributed by atoms with E-state index in [9.17, 15) is 9.59 Å².